The first-order valence-electron chi connectivity index (χ1n) is 10.0. The number of ether oxygens (including phenoxy) is 1. The van der Waals surface area contributed by atoms with Crippen molar-refractivity contribution in [3.63, 3.8) is 0 Å². The Morgan fingerprint density at radius 2 is 1.78 bits per heavy atom. The zero-order valence-electron chi connectivity index (χ0n) is 18.1. The zero-order chi connectivity index (χ0) is 23.0. The molecule has 3 aromatic rings. The van der Waals surface area contributed by atoms with E-state index in [-0.39, 0.29) is 47.7 Å². The van der Waals surface area contributed by atoms with Crippen LogP contribution in [0, 0.1) is 6.92 Å². The molecule has 12 heteroatoms. The van der Waals surface area contributed by atoms with Crippen LogP contribution in [0.1, 0.15) is 29.9 Å². The lowest BCUT2D eigenvalue weighted by Crippen LogP contribution is -2.48. The average Bonchev–Trinajstić information content (AvgIpc) is 3.32. The molecule has 1 aromatic carbocycles. The summed E-state index contributed by atoms with van der Waals surface area (Å²) in [7, 11) is -1.94. The lowest BCUT2D eigenvalue weighted by atomic mass is 10.2. The van der Waals surface area contributed by atoms with Crippen molar-refractivity contribution >= 4 is 21.9 Å². The summed E-state index contributed by atoms with van der Waals surface area (Å²) >= 11 is 0. The number of hydrogen-bond acceptors (Lipinski definition) is 8. The van der Waals surface area contributed by atoms with Crippen molar-refractivity contribution in [3.05, 3.63) is 41.6 Å². The molecule has 0 aliphatic carbocycles. The van der Waals surface area contributed by atoms with E-state index in [4.69, 9.17) is 9.15 Å². The van der Waals surface area contributed by atoms with Gasteiger partial charge in [0.15, 0.2) is 0 Å². The van der Waals surface area contributed by atoms with E-state index in [1.807, 2.05) is 20.8 Å². The highest BCUT2D eigenvalue weighted by atomic mass is 32.2. The van der Waals surface area contributed by atoms with Gasteiger partial charge in [-0.15, -0.1) is 5.10 Å². The maximum absolute atomic E-state index is 12.9. The topological polar surface area (TPSA) is 132 Å². The van der Waals surface area contributed by atoms with E-state index in [0.717, 1.165) is 5.69 Å². The fourth-order valence-corrected chi connectivity index (χ4v) is 5.20. The number of hydrogen-bond donors (Lipinski definition) is 1. The fraction of sp³-hybridized carbons (Fsp3) is 0.400. The van der Waals surface area contributed by atoms with Gasteiger partial charge in [0.05, 0.1) is 22.8 Å². The van der Waals surface area contributed by atoms with Crippen molar-refractivity contribution < 1.29 is 22.4 Å². The molecule has 1 aliphatic rings. The van der Waals surface area contributed by atoms with Gasteiger partial charge in [0.25, 0.3) is 11.8 Å². The summed E-state index contributed by atoms with van der Waals surface area (Å²) in [6, 6.07) is 7.42. The van der Waals surface area contributed by atoms with Gasteiger partial charge in [-0.25, -0.2) is 8.42 Å². The van der Waals surface area contributed by atoms with E-state index in [9.17, 15) is 13.2 Å². The van der Waals surface area contributed by atoms with Crippen molar-refractivity contribution in [2.45, 2.75) is 37.9 Å². The van der Waals surface area contributed by atoms with Crippen molar-refractivity contribution in [1.82, 2.24) is 24.3 Å². The SMILES string of the molecule is Cc1cc(-c2nnc(NC(=O)c3ccc(S(=O)(=O)N4CC(C)OC(C)C4)cc3)o2)n(C)n1. The van der Waals surface area contributed by atoms with Crippen LogP contribution < -0.4 is 5.32 Å². The van der Waals surface area contributed by atoms with E-state index in [1.54, 1.807) is 17.8 Å². The molecule has 0 bridgehead atoms. The number of nitrogens with zero attached hydrogens (tertiary/aromatic N) is 5. The maximum atomic E-state index is 12.9. The van der Waals surface area contributed by atoms with Gasteiger partial charge in [-0.05, 0) is 51.1 Å². The molecule has 1 amide bonds. The lowest BCUT2D eigenvalue weighted by molar-refractivity contribution is -0.0440. The Balaban J connectivity index is 1.46. The molecule has 1 saturated heterocycles. The second-order valence-corrected chi connectivity index (χ2v) is 9.70. The smallest absolute Gasteiger partial charge is 0.322 e. The van der Waals surface area contributed by atoms with Crippen molar-refractivity contribution in [2.24, 2.45) is 7.05 Å². The van der Waals surface area contributed by atoms with Crippen molar-refractivity contribution in [3.8, 4) is 11.6 Å². The number of morpholine rings is 1. The summed E-state index contributed by atoms with van der Waals surface area (Å²) in [6.07, 6.45) is -0.374. The number of nitrogens with one attached hydrogen (secondary N) is 1. The highest BCUT2D eigenvalue weighted by Crippen LogP contribution is 2.23. The number of carbonyl (C=O) groups excluding carboxylic acids is 1. The molecule has 2 atom stereocenters. The monoisotopic (exact) mass is 460 g/mol. The molecule has 0 spiro atoms. The minimum Gasteiger partial charge on any atom is -0.401 e. The van der Waals surface area contributed by atoms with Gasteiger partial charge in [-0.1, -0.05) is 5.10 Å². The van der Waals surface area contributed by atoms with Crippen LogP contribution in [0.3, 0.4) is 0 Å². The Morgan fingerprint density at radius 3 is 2.38 bits per heavy atom. The summed E-state index contributed by atoms with van der Waals surface area (Å²) in [6.45, 7) is 6.08. The lowest BCUT2D eigenvalue weighted by Gasteiger charge is -2.34. The van der Waals surface area contributed by atoms with Crippen molar-refractivity contribution in [1.29, 1.82) is 0 Å². The van der Waals surface area contributed by atoms with Crippen LogP contribution in [0.2, 0.25) is 0 Å². The van der Waals surface area contributed by atoms with Crippen LogP contribution in [-0.4, -0.2) is 63.9 Å². The Labute approximate surface area is 185 Å². The Morgan fingerprint density at radius 1 is 1.12 bits per heavy atom. The standard InChI is InChI=1S/C20H24N6O5S/c1-12-9-17(25(4)24-12)19-22-23-20(31-19)21-18(27)15-5-7-16(8-6-15)32(28,29)26-10-13(2)30-14(3)11-26/h5-9,13-14H,10-11H2,1-4H3,(H,21,23,27). The van der Waals surface area contributed by atoms with E-state index in [1.165, 1.54) is 28.6 Å². The molecule has 11 nitrogen and oxygen atoms in total. The first-order valence-corrected chi connectivity index (χ1v) is 11.5. The van der Waals surface area contributed by atoms with E-state index >= 15 is 0 Å². The molecular weight excluding hydrogens is 436 g/mol. The summed E-state index contributed by atoms with van der Waals surface area (Å²) in [5.41, 5.74) is 1.67. The van der Waals surface area contributed by atoms with Crippen LogP contribution in [0.5, 0.6) is 0 Å². The zero-order valence-corrected chi connectivity index (χ0v) is 19.0. The fourth-order valence-electron chi connectivity index (χ4n) is 3.61. The minimum absolute atomic E-state index is 0.0724. The minimum atomic E-state index is -3.69. The second kappa shape index (κ2) is 8.45. The Bertz CT molecular complexity index is 1220. The number of rotatable bonds is 5. The summed E-state index contributed by atoms with van der Waals surface area (Å²) in [5, 5.41) is 14.5. The highest BCUT2D eigenvalue weighted by Gasteiger charge is 2.32. The predicted molar refractivity (Wildman–Crippen MR) is 114 cm³/mol. The normalized spacial score (nSPS) is 19.8. The summed E-state index contributed by atoms with van der Waals surface area (Å²) in [5.74, 6) is -0.280. The van der Waals surface area contributed by atoms with Gasteiger partial charge in [-0.3, -0.25) is 14.8 Å². The van der Waals surface area contributed by atoms with Gasteiger partial charge >= 0.3 is 6.01 Å². The summed E-state index contributed by atoms with van der Waals surface area (Å²) in [4.78, 5) is 12.7. The third-order valence-corrected chi connectivity index (χ3v) is 6.85. The molecule has 2 unspecified atom stereocenters. The molecule has 0 radical (unpaired) electrons. The summed E-state index contributed by atoms with van der Waals surface area (Å²) < 4.78 is 40.0. The van der Waals surface area contributed by atoms with Crippen LogP contribution in [0.15, 0.2) is 39.6 Å². The Hall–Kier alpha value is -3.09. The number of aryl methyl sites for hydroxylation is 2. The van der Waals surface area contributed by atoms with Gasteiger partial charge in [0.2, 0.25) is 10.0 Å². The number of amides is 1. The first kappa shape index (κ1) is 22.1. The maximum Gasteiger partial charge on any atom is 0.322 e. The molecule has 3 heterocycles. The third kappa shape index (κ3) is 4.42. The molecule has 170 valence electrons. The molecule has 1 aliphatic heterocycles. The van der Waals surface area contributed by atoms with Gasteiger partial charge < -0.3 is 9.15 Å². The van der Waals surface area contributed by atoms with Crippen LogP contribution in [0.25, 0.3) is 11.6 Å². The van der Waals surface area contributed by atoms with Gasteiger partial charge in [0, 0.05) is 25.7 Å². The molecule has 0 saturated carbocycles. The molecule has 32 heavy (non-hydrogen) atoms. The number of sulfonamides is 1. The number of anilines is 1. The van der Waals surface area contributed by atoms with E-state index in [0.29, 0.717) is 5.69 Å². The van der Waals surface area contributed by atoms with Crippen LogP contribution in [-0.2, 0) is 21.8 Å². The molecule has 2 aromatic heterocycles. The molecule has 1 fully saturated rings. The second-order valence-electron chi connectivity index (χ2n) is 7.76. The van der Waals surface area contributed by atoms with E-state index in [2.05, 4.69) is 20.6 Å². The Kier molecular flexibility index (Phi) is 5.84. The van der Waals surface area contributed by atoms with Gasteiger partial charge in [0.1, 0.15) is 5.69 Å². The largest absolute Gasteiger partial charge is 0.401 e. The van der Waals surface area contributed by atoms with Gasteiger partial charge in [-0.2, -0.15) is 9.40 Å². The quantitative estimate of drug-likeness (QED) is 0.610. The van der Waals surface area contributed by atoms with Crippen molar-refractivity contribution in [2.75, 3.05) is 18.4 Å². The average molecular weight is 461 g/mol. The predicted octanol–water partition coefficient (Wildman–Crippen LogP) is 1.83. The first-order chi connectivity index (χ1) is 15.1. The molecule has 4 rings (SSSR count). The van der Waals surface area contributed by atoms with E-state index < -0.39 is 15.9 Å². The number of aromatic nitrogens is 4. The van der Waals surface area contributed by atoms with Crippen LogP contribution in [0.4, 0.5) is 6.01 Å². The molecular formula is C20H24N6O5S. The third-order valence-electron chi connectivity index (χ3n) is 5.01. The van der Waals surface area contributed by atoms with Crippen LogP contribution >= 0.6 is 0 Å². The number of carbonyl (C=O) groups is 1. The number of benzene rings is 1. The molecule has 1 N–H and O–H groups in total. The highest BCUT2D eigenvalue weighted by molar-refractivity contribution is 7.89.